The molecule has 0 radical (unpaired) electrons. The van der Waals surface area contributed by atoms with E-state index in [1.807, 2.05) is 6.92 Å². The highest BCUT2D eigenvalue weighted by Gasteiger charge is 2.20. The Morgan fingerprint density at radius 2 is 2.19 bits per heavy atom. The predicted octanol–water partition coefficient (Wildman–Crippen LogP) is -0.00740. The van der Waals surface area contributed by atoms with Crippen LogP contribution >= 0.6 is 0 Å². The molecule has 21 heavy (non-hydrogen) atoms. The summed E-state index contributed by atoms with van der Waals surface area (Å²) in [4.78, 5) is 19.4. The van der Waals surface area contributed by atoms with E-state index in [1.54, 1.807) is 0 Å². The number of aliphatic hydroxyl groups is 1. The summed E-state index contributed by atoms with van der Waals surface area (Å²) < 4.78 is 0. The zero-order valence-corrected chi connectivity index (χ0v) is 12.2. The van der Waals surface area contributed by atoms with Crippen molar-refractivity contribution < 1.29 is 9.90 Å². The molecule has 1 aliphatic carbocycles. The fourth-order valence-electron chi connectivity index (χ4n) is 2.42. The summed E-state index contributed by atoms with van der Waals surface area (Å²) in [6, 6.07) is 0.439. The molecule has 116 valence electrons. The van der Waals surface area contributed by atoms with Crippen LogP contribution in [-0.2, 0) is 0 Å². The second-order valence-electron chi connectivity index (χ2n) is 5.55. The average molecular weight is 293 g/mol. The Kier molecular flexibility index (Phi) is 6.04. The van der Waals surface area contributed by atoms with Crippen LogP contribution in [0.4, 0.5) is 0 Å². The van der Waals surface area contributed by atoms with E-state index in [4.69, 9.17) is 0 Å². The number of hydrogen-bond donors (Lipinski definition) is 4. The van der Waals surface area contributed by atoms with E-state index < -0.39 is 0 Å². The van der Waals surface area contributed by atoms with Gasteiger partial charge in [-0.2, -0.15) is 0 Å². The molecule has 1 heterocycles. The van der Waals surface area contributed by atoms with Gasteiger partial charge in [0.2, 0.25) is 0 Å². The van der Waals surface area contributed by atoms with Crippen molar-refractivity contribution in [1.29, 1.82) is 0 Å². The van der Waals surface area contributed by atoms with E-state index in [9.17, 15) is 9.90 Å². The number of nitrogens with one attached hydrogen (secondary N) is 3. The van der Waals surface area contributed by atoms with E-state index in [0.29, 0.717) is 11.6 Å². The van der Waals surface area contributed by atoms with Crippen molar-refractivity contribution in [2.75, 3.05) is 6.54 Å². The molecule has 0 aliphatic heterocycles. The zero-order valence-electron chi connectivity index (χ0n) is 12.2. The lowest BCUT2D eigenvalue weighted by Crippen LogP contribution is -2.49. The van der Waals surface area contributed by atoms with Gasteiger partial charge in [-0.1, -0.05) is 0 Å². The van der Waals surface area contributed by atoms with Gasteiger partial charge in [-0.05, 0) is 32.6 Å². The van der Waals surface area contributed by atoms with Crippen molar-refractivity contribution in [2.24, 2.45) is 0 Å². The van der Waals surface area contributed by atoms with Crippen molar-refractivity contribution in [2.45, 2.75) is 50.8 Å². The molecule has 1 fully saturated rings. The number of hydrogen-bond acceptors (Lipinski definition) is 6. The number of amides is 1. The summed E-state index contributed by atoms with van der Waals surface area (Å²) >= 11 is 0. The highest BCUT2D eigenvalue weighted by molar-refractivity contribution is 5.93. The number of nitrogens with zero attached hydrogens (tertiary/aromatic N) is 2. The third-order valence-electron chi connectivity index (χ3n) is 3.61. The Hall–Kier alpha value is -1.57. The van der Waals surface area contributed by atoms with Crippen LogP contribution in [0.1, 0.15) is 43.0 Å². The highest BCUT2D eigenvalue weighted by atomic mass is 16.3. The molecule has 0 spiro atoms. The van der Waals surface area contributed by atoms with Gasteiger partial charge in [0.25, 0.3) is 5.91 Å². The molecule has 3 atom stereocenters. The SMILES string of the molecule is CC(CNC1CCCC(O)C1)NNC(=O)c1cncnc1. The van der Waals surface area contributed by atoms with E-state index in [1.165, 1.54) is 18.7 Å². The molecule has 1 aromatic heterocycles. The third-order valence-corrected chi connectivity index (χ3v) is 3.61. The van der Waals surface area contributed by atoms with Crippen molar-refractivity contribution in [1.82, 2.24) is 26.1 Å². The smallest absolute Gasteiger partial charge is 0.268 e. The van der Waals surface area contributed by atoms with Gasteiger partial charge in [-0.25, -0.2) is 15.4 Å². The van der Waals surface area contributed by atoms with Gasteiger partial charge in [-0.15, -0.1) is 0 Å². The molecule has 1 aromatic rings. The molecule has 0 saturated heterocycles. The molecule has 0 aromatic carbocycles. The van der Waals surface area contributed by atoms with Crippen LogP contribution in [0.5, 0.6) is 0 Å². The van der Waals surface area contributed by atoms with E-state index in [0.717, 1.165) is 32.2 Å². The third kappa shape index (κ3) is 5.37. The summed E-state index contributed by atoms with van der Waals surface area (Å²) in [5.74, 6) is -0.254. The number of hydrazine groups is 1. The maximum atomic E-state index is 11.8. The molecule has 4 N–H and O–H groups in total. The molecule has 2 rings (SSSR count). The monoisotopic (exact) mass is 293 g/mol. The maximum absolute atomic E-state index is 11.8. The number of carbonyl (C=O) groups excluding carboxylic acids is 1. The lowest BCUT2D eigenvalue weighted by molar-refractivity contribution is 0.0923. The van der Waals surface area contributed by atoms with Crippen LogP contribution < -0.4 is 16.2 Å². The molecule has 1 amide bonds. The van der Waals surface area contributed by atoms with Crippen LogP contribution in [-0.4, -0.2) is 45.7 Å². The van der Waals surface area contributed by atoms with Gasteiger partial charge < -0.3 is 10.4 Å². The minimum absolute atomic E-state index is 0.0812. The number of carbonyl (C=O) groups is 1. The first-order chi connectivity index (χ1) is 10.1. The fourth-order valence-corrected chi connectivity index (χ4v) is 2.42. The molecule has 0 bridgehead atoms. The first-order valence-corrected chi connectivity index (χ1v) is 7.37. The van der Waals surface area contributed by atoms with Crippen LogP contribution in [0.3, 0.4) is 0 Å². The minimum Gasteiger partial charge on any atom is -0.393 e. The van der Waals surface area contributed by atoms with Crippen molar-refractivity contribution in [3.8, 4) is 0 Å². The Morgan fingerprint density at radius 1 is 1.43 bits per heavy atom. The first-order valence-electron chi connectivity index (χ1n) is 7.37. The van der Waals surface area contributed by atoms with Crippen LogP contribution in [0.2, 0.25) is 0 Å². The Balaban J connectivity index is 1.65. The summed E-state index contributed by atoms with van der Waals surface area (Å²) in [7, 11) is 0. The summed E-state index contributed by atoms with van der Waals surface area (Å²) in [5, 5.41) is 13.0. The summed E-state index contributed by atoms with van der Waals surface area (Å²) in [5.41, 5.74) is 6.01. The highest BCUT2D eigenvalue weighted by Crippen LogP contribution is 2.18. The minimum atomic E-state index is -0.254. The molecule has 1 aliphatic rings. The molecule has 7 nitrogen and oxygen atoms in total. The molecule has 3 unspecified atom stereocenters. The quantitative estimate of drug-likeness (QED) is 0.551. The lowest BCUT2D eigenvalue weighted by atomic mass is 9.93. The van der Waals surface area contributed by atoms with Crippen molar-refractivity contribution >= 4 is 5.91 Å². The fraction of sp³-hybridized carbons (Fsp3) is 0.643. The van der Waals surface area contributed by atoms with Crippen LogP contribution in [0.25, 0.3) is 0 Å². The van der Waals surface area contributed by atoms with E-state index in [-0.39, 0.29) is 18.1 Å². The molecular formula is C14H23N5O2. The number of aliphatic hydroxyl groups excluding tert-OH is 1. The number of rotatable bonds is 6. The first kappa shape index (κ1) is 15.8. The standard InChI is InChI=1S/C14H23N5O2/c1-10(6-17-12-3-2-4-13(20)5-12)18-19-14(21)11-7-15-9-16-8-11/h7-10,12-13,17-18,20H,2-6H2,1H3,(H,19,21). The Morgan fingerprint density at radius 3 is 2.90 bits per heavy atom. The number of aromatic nitrogens is 2. The summed E-state index contributed by atoms with van der Waals surface area (Å²) in [6.07, 6.45) is 8.00. The van der Waals surface area contributed by atoms with Crippen LogP contribution in [0, 0.1) is 0 Å². The Labute approximate surface area is 124 Å². The van der Waals surface area contributed by atoms with Crippen molar-refractivity contribution in [3.63, 3.8) is 0 Å². The van der Waals surface area contributed by atoms with Crippen LogP contribution in [0.15, 0.2) is 18.7 Å². The van der Waals surface area contributed by atoms with Crippen molar-refractivity contribution in [3.05, 3.63) is 24.3 Å². The zero-order chi connectivity index (χ0) is 15.1. The second-order valence-corrected chi connectivity index (χ2v) is 5.55. The van der Waals surface area contributed by atoms with E-state index >= 15 is 0 Å². The van der Waals surface area contributed by atoms with Gasteiger partial charge in [0.15, 0.2) is 0 Å². The van der Waals surface area contributed by atoms with Gasteiger partial charge in [-0.3, -0.25) is 10.2 Å². The largest absolute Gasteiger partial charge is 0.393 e. The normalized spacial score (nSPS) is 23.5. The maximum Gasteiger partial charge on any atom is 0.268 e. The topological polar surface area (TPSA) is 99.2 Å². The Bertz CT molecular complexity index is 442. The molecule has 7 heteroatoms. The average Bonchev–Trinajstić information content (AvgIpc) is 2.51. The second kappa shape index (κ2) is 8.02. The van der Waals surface area contributed by atoms with Gasteiger partial charge in [0, 0.05) is 31.0 Å². The molecule has 1 saturated carbocycles. The molecular weight excluding hydrogens is 270 g/mol. The van der Waals surface area contributed by atoms with Gasteiger partial charge in [0.05, 0.1) is 11.7 Å². The lowest BCUT2D eigenvalue weighted by Gasteiger charge is -2.28. The van der Waals surface area contributed by atoms with Gasteiger partial charge in [0.1, 0.15) is 6.33 Å². The predicted molar refractivity (Wildman–Crippen MR) is 78.4 cm³/mol. The van der Waals surface area contributed by atoms with E-state index in [2.05, 4.69) is 26.1 Å². The summed E-state index contributed by atoms with van der Waals surface area (Å²) in [6.45, 7) is 2.71. The van der Waals surface area contributed by atoms with Gasteiger partial charge >= 0.3 is 0 Å².